The Bertz CT molecular complexity index is 348. The van der Waals surface area contributed by atoms with Crippen molar-refractivity contribution in [1.82, 2.24) is 4.98 Å². The molecule has 0 aliphatic carbocycles. The van der Waals surface area contributed by atoms with Crippen LogP contribution in [0, 0.1) is 12.8 Å². The fraction of sp³-hybridized carbons (Fsp3) is 0.500. The van der Waals surface area contributed by atoms with Crippen LogP contribution in [0.15, 0.2) is 18.3 Å². The number of aryl methyl sites for hydroxylation is 1. The van der Waals surface area contributed by atoms with E-state index < -0.39 is 18.0 Å². The maximum atomic E-state index is 11.4. The van der Waals surface area contributed by atoms with Gasteiger partial charge >= 0.3 is 5.97 Å². The standard InChI is InChI=1S/C12H17NO3/c1-4-10(12(15)16-3)11(14)9-6-5-8(2)13-7-9/h5-7,10-11,14H,4H2,1-3H3. The zero-order chi connectivity index (χ0) is 12.1. The lowest BCUT2D eigenvalue weighted by molar-refractivity contribution is -0.149. The number of carbonyl (C=O) groups excluding carboxylic acids is 1. The van der Waals surface area contributed by atoms with Crippen molar-refractivity contribution in [3.05, 3.63) is 29.6 Å². The molecular formula is C12H17NO3. The molecule has 1 rings (SSSR count). The topological polar surface area (TPSA) is 59.4 Å². The molecule has 88 valence electrons. The minimum Gasteiger partial charge on any atom is -0.469 e. The van der Waals surface area contributed by atoms with Crippen LogP contribution >= 0.6 is 0 Å². The molecule has 0 amide bonds. The molecule has 1 aromatic heterocycles. The average molecular weight is 223 g/mol. The minimum absolute atomic E-state index is 0.393. The predicted molar refractivity (Wildman–Crippen MR) is 59.7 cm³/mol. The van der Waals surface area contributed by atoms with E-state index >= 15 is 0 Å². The summed E-state index contributed by atoms with van der Waals surface area (Å²) in [7, 11) is 1.32. The summed E-state index contributed by atoms with van der Waals surface area (Å²) in [5, 5.41) is 10.0. The summed E-state index contributed by atoms with van der Waals surface area (Å²) in [5.41, 5.74) is 1.52. The predicted octanol–water partition coefficient (Wildman–Crippen LogP) is 1.62. The minimum atomic E-state index is -0.856. The van der Waals surface area contributed by atoms with Crippen molar-refractivity contribution in [3.8, 4) is 0 Å². The first kappa shape index (κ1) is 12.6. The number of nitrogens with zero attached hydrogens (tertiary/aromatic N) is 1. The van der Waals surface area contributed by atoms with Crippen LogP contribution in [0.25, 0.3) is 0 Å². The molecule has 2 atom stereocenters. The van der Waals surface area contributed by atoms with Crippen molar-refractivity contribution in [1.29, 1.82) is 0 Å². The van der Waals surface area contributed by atoms with Crippen LogP contribution in [0.5, 0.6) is 0 Å². The van der Waals surface area contributed by atoms with Gasteiger partial charge in [0.15, 0.2) is 0 Å². The molecule has 0 aliphatic rings. The van der Waals surface area contributed by atoms with E-state index in [4.69, 9.17) is 0 Å². The fourth-order valence-electron chi connectivity index (χ4n) is 1.56. The summed E-state index contributed by atoms with van der Waals surface area (Å²) in [6.07, 6.45) is 1.26. The van der Waals surface area contributed by atoms with E-state index in [0.717, 1.165) is 5.69 Å². The normalized spacial score (nSPS) is 14.2. The highest BCUT2D eigenvalue weighted by Gasteiger charge is 2.27. The van der Waals surface area contributed by atoms with Crippen molar-refractivity contribution < 1.29 is 14.6 Å². The highest BCUT2D eigenvalue weighted by atomic mass is 16.5. The quantitative estimate of drug-likeness (QED) is 0.788. The van der Waals surface area contributed by atoms with E-state index in [1.807, 2.05) is 19.9 Å². The molecule has 2 unspecified atom stereocenters. The number of aromatic nitrogens is 1. The number of ether oxygens (including phenoxy) is 1. The molecule has 0 saturated heterocycles. The second-order valence-electron chi connectivity index (χ2n) is 3.72. The fourth-order valence-corrected chi connectivity index (χ4v) is 1.56. The van der Waals surface area contributed by atoms with Gasteiger partial charge in [-0.25, -0.2) is 0 Å². The summed E-state index contributed by atoms with van der Waals surface area (Å²) in [4.78, 5) is 15.5. The Morgan fingerprint density at radius 3 is 2.69 bits per heavy atom. The van der Waals surface area contributed by atoms with Gasteiger partial charge in [0.25, 0.3) is 0 Å². The van der Waals surface area contributed by atoms with Crippen molar-refractivity contribution in [3.63, 3.8) is 0 Å². The van der Waals surface area contributed by atoms with Crippen molar-refractivity contribution >= 4 is 5.97 Å². The monoisotopic (exact) mass is 223 g/mol. The van der Waals surface area contributed by atoms with E-state index in [2.05, 4.69) is 9.72 Å². The number of hydrogen-bond acceptors (Lipinski definition) is 4. The second-order valence-corrected chi connectivity index (χ2v) is 3.72. The highest BCUT2D eigenvalue weighted by Crippen LogP contribution is 2.25. The summed E-state index contributed by atoms with van der Waals surface area (Å²) in [6, 6.07) is 3.58. The first-order valence-electron chi connectivity index (χ1n) is 5.28. The van der Waals surface area contributed by atoms with Gasteiger partial charge in [0.05, 0.1) is 19.1 Å². The molecule has 1 N–H and O–H groups in total. The number of methoxy groups -OCH3 is 1. The van der Waals surface area contributed by atoms with Crippen LogP contribution < -0.4 is 0 Å². The summed E-state index contributed by atoms with van der Waals surface area (Å²) in [6.45, 7) is 3.71. The molecule has 1 aromatic rings. The Balaban J connectivity index is 2.86. The van der Waals surface area contributed by atoms with Crippen LogP contribution in [0.2, 0.25) is 0 Å². The van der Waals surface area contributed by atoms with Crippen molar-refractivity contribution in [2.75, 3.05) is 7.11 Å². The first-order chi connectivity index (χ1) is 7.60. The zero-order valence-corrected chi connectivity index (χ0v) is 9.80. The molecule has 4 nitrogen and oxygen atoms in total. The Kier molecular flexibility index (Phi) is 4.43. The summed E-state index contributed by atoms with van der Waals surface area (Å²) < 4.78 is 4.65. The third-order valence-electron chi connectivity index (χ3n) is 2.60. The van der Waals surface area contributed by atoms with E-state index in [1.165, 1.54) is 7.11 Å². The van der Waals surface area contributed by atoms with Gasteiger partial charge in [-0.2, -0.15) is 0 Å². The van der Waals surface area contributed by atoms with Gasteiger partial charge in [0.2, 0.25) is 0 Å². The average Bonchev–Trinajstić information content (AvgIpc) is 2.30. The van der Waals surface area contributed by atoms with Crippen LogP contribution in [0.4, 0.5) is 0 Å². The molecular weight excluding hydrogens is 206 g/mol. The molecule has 0 saturated carbocycles. The lowest BCUT2D eigenvalue weighted by Crippen LogP contribution is -2.23. The molecule has 0 fully saturated rings. The van der Waals surface area contributed by atoms with Gasteiger partial charge < -0.3 is 9.84 Å². The largest absolute Gasteiger partial charge is 0.469 e. The zero-order valence-electron chi connectivity index (χ0n) is 9.80. The van der Waals surface area contributed by atoms with Gasteiger partial charge in [-0.3, -0.25) is 9.78 Å². The second kappa shape index (κ2) is 5.61. The van der Waals surface area contributed by atoms with Gasteiger partial charge in [0, 0.05) is 11.9 Å². The maximum absolute atomic E-state index is 11.4. The lowest BCUT2D eigenvalue weighted by Gasteiger charge is -2.19. The third kappa shape index (κ3) is 2.79. The molecule has 4 heteroatoms. The van der Waals surface area contributed by atoms with Gasteiger partial charge in [-0.15, -0.1) is 0 Å². The van der Waals surface area contributed by atoms with Crippen LogP contribution in [0.1, 0.15) is 30.7 Å². The van der Waals surface area contributed by atoms with E-state index in [1.54, 1.807) is 12.3 Å². The molecule has 0 spiro atoms. The van der Waals surface area contributed by atoms with E-state index in [9.17, 15) is 9.90 Å². The number of esters is 1. The van der Waals surface area contributed by atoms with Crippen molar-refractivity contribution in [2.24, 2.45) is 5.92 Å². The smallest absolute Gasteiger partial charge is 0.311 e. The molecule has 0 bridgehead atoms. The van der Waals surface area contributed by atoms with E-state index in [0.29, 0.717) is 12.0 Å². The lowest BCUT2D eigenvalue weighted by atomic mass is 9.94. The number of aliphatic hydroxyl groups is 1. The number of pyridine rings is 1. The van der Waals surface area contributed by atoms with Crippen LogP contribution in [0.3, 0.4) is 0 Å². The Morgan fingerprint density at radius 2 is 2.25 bits per heavy atom. The number of carbonyl (C=O) groups is 1. The van der Waals surface area contributed by atoms with Crippen molar-refractivity contribution in [2.45, 2.75) is 26.4 Å². The number of aliphatic hydroxyl groups excluding tert-OH is 1. The van der Waals surface area contributed by atoms with Gasteiger partial charge in [-0.05, 0) is 25.0 Å². The first-order valence-corrected chi connectivity index (χ1v) is 5.28. The summed E-state index contributed by atoms with van der Waals surface area (Å²) >= 11 is 0. The summed E-state index contributed by atoms with van der Waals surface area (Å²) in [5.74, 6) is -0.926. The van der Waals surface area contributed by atoms with E-state index in [-0.39, 0.29) is 0 Å². The Hall–Kier alpha value is -1.42. The molecule has 16 heavy (non-hydrogen) atoms. The van der Waals surface area contributed by atoms with Crippen LogP contribution in [-0.4, -0.2) is 23.2 Å². The highest BCUT2D eigenvalue weighted by molar-refractivity contribution is 5.73. The van der Waals surface area contributed by atoms with Gasteiger partial charge in [-0.1, -0.05) is 13.0 Å². The molecule has 1 heterocycles. The maximum Gasteiger partial charge on any atom is 0.311 e. The molecule has 0 aliphatic heterocycles. The number of rotatable bonds is 4. The Labute approximate surface area is 95.3 Å². The van der Waals surface area contributed by atoms with Crippen LogP contribution in [-0.2, 0) is 9.53 Å². The third-order valence-corrected chi connectivity index (χ3v) is 2.60. The Morgan fingerprint density at radius 1 is 1.56 bits per heavy atom. The van der Waals surface area contributed by atoms with Gasteiger partial charge in [0.1, 0.15) is 0 Å². The SMILES string of the molecule is CCC(C(=O)OC)C(O)c1ccc(C)nc1. The number of hydrogen-bond donors (Lipinski definition) is 1. The molecule has 0 aromatic carbocycles. The molecule has 0 radical (unpaired) electrons.